The zero-order chi connectivity index (χ0) is 21.7. The Morgan fingerprint density at radius 3 is 2.57 bits per heavy atom. The van der Waals surface area contributed by atoms with E-state index in [1.165, 1.54) is 35.2 Å². The highest BCUT2D eigenvalue weighted by molar-refractivity contribution is 8.26. The van der Waals surface area contributed by atoms with Crippen molar-refractivity contribution in [3.05, 3.63) is 70.4 Å². The Morgan fingerprint density at radius 1 is 1.17 bits per heavy atom. The normalized spacial score (nSPS) is 15.0. The third-order valence-corrected chi connectivity index (χ3v) is 5.63. The Bertz CT molecular complexity index is 1040. The van der Waals surface area contributed by atoms with Gasteiger partial charge in [0.15, 0.2) is 0 Å². The van der Waals surface area contributed by atoms with Gasteiger partial charge in [0.2, 0.25) is 5.91 Å². The van der Waals surface area contributed by atoms with Crippen molar-refractivity contribution in [1.82, 2.24) is 4.90 Å². The lowest BCUT2D eigenvalue weighted by molar-refractivity contribution is -0.254. The van der Waals surface area contributed by atoms with Gasteiger partial charge in [-0.05, 0) is 36.3 Å². The van der Waals surface area contributed by atoms with Crippen molar-refractivity contribution in [2.75, 3.05) is 11.9 Å². The van der Waals surface area contributed by atoms with Crippen molar-refractivity contribution in [2.24, 2.45) is 0 Å². The second-order valence-corrected chi connectivity index (χ2v) is 8.05. The Morgan fingerprint density at radius 2 is 1.87 bits per heavy atom. The number of anilines is 1. The minimum Gasteiger partial charge on any atom is -0.545 e. The van der Waals surface area contributed by atoms with Crippen LogP contribution in [-0.4, -0.2) is 33.5 Å². The predicted octanol–water partition coefficient (Wildman–Crippen LogP) is 2.81. The molecule has 1 heterocycles. The quantitative estimate of drug-likeness (QED) is 0.523. The fourth-order valence-electron chi connectivity index (χ4n) is 2.78. The number of aromatic carboxylic acids is 1. The average molecular weight is 444 g/mol. The first kappa shape index (κ1) is 21.7. The van der Waals surface area contributed by atoms with Gasteiger partial charge >= 0.3 is 0 Å². The smallest absolute Gasteiger partial charge is 0.266 e. The molecule has 0 bridgehead atoms. The average Bonchev–Trinajstić information content (AvgIpc) is 2.97. The predicted molar refractivity (Wildman–Crippen MR) is 115 cm³/mol. The largest absolute Gasteiger partial charge is 0.545 e. The summed E-state index contributed by atoms with van der Waals surface area (Å²) in [6.07, 6.45) is 2.06. The molecule has 0 atom stereocenters. The van der Waals surface area contributed by atoms with Gasteiger partial charge in [-0.25, -0.2) is 4.39 Å². The second kappa shape index (κ2) is 9.64. The first-order valence-corrected chi connectivity index (χ1v) is 10.2. The summed E-state index contributed by atoms with van der Waals surface area (Å²) in [5, 5.41) is 13.6. The third-order valence-electron chi connectivity index (χ3n) is 4.25. The van der Waals surface area contributed by atoms with Crippen LogP contribution in [0.3, 0.4) is 0 Å². The molecule has 1 saturated heterocycles. The van der Waals surface area contributed by atoms with Gasteiger partial charge in [0, 0.05) is 24.2 Å². The number of nitrogens with zero attached hydrogens (tertiary/aromatic N) is 1. The molecule has 6 nitrogen and oxygen atoms in total. The molecule has 2 amide bonds. The lowest BCUT2D eigenvalue weighted by Gasteiger charge is -2.15. The van der Waals surface area contributed by atoms with Crippen LogP contribution in [0, 0.1) is 5.82 Å². The number of thioether (sulfide) groups is 1. The summed E-state index contributed by atoms with van der Waals surface area (Å²) >= 11 is 6.41. The minimum absolute atomic E-state index is 0.0788. The topological polar surface area (TPSA) is 89.5 Å². The highest BCUT2D eigenvalue weighted by atomic mass is 32.2. The van der Waals surface area contributed by atoms with Crippen LogP contribution in [0.5, 0.6) is 0 Å². The molecule has 30 heavy (non-hydrogen) atoms. The van der Waals surface area contributed by atoms with Crippen LogP contribution in [0.1, 0.15) is 28.8 Å². The molecule has 0 aromatic heterocycles. The molecule has 1 aliphatic heterocycles. The van der Waals surface area contributed by atoms with Gasteiger partial charge in [-0.15, -0.1) is 0 Å². The first-order valence-electron chi connectivity index (χ1n) is 8.96. The van der Waals surface area contributed by atoms with Crippen LogP contribution in [0.4, 0.5) is 10.1 Å². The van der Waals surface area contributed by atoms with Crippen molar-refractivity contribution >= 4 is 57.8 Å². The highest BCUT2D eigenvalue weighted by Gasteiger charge is 2.31. The van der Waals surface area contributed by atoms with E-state index in [-0.39, 0.29) is 41.8 Å². The molecule has 1 aliphatic rings. The van der Waals surface area contributed by atoms with E-state index in [1.54, 1.807) is 24.3 Å². The summed E-state index contributed by atoms with van der Waals surface area (Å²) in [6.45, 7) is 0.251. The number of hydrogen-bond acceptors (Lipinski definition) is 6. The van der Waals surface area contributed by atoms with Gasteiger partial charge in [-0.2, -0.15) is 0 Å². The number of rotatable bonds is 7. The number of carboxylic acids is 1. The van der Waals surface area contributed by atoms with Crippen molar-refractivity contribution in [1.29, 1.82) is 0 Å². The fourth-order valence-corrected chi connectivity index (χ4v) is 4.09. The number of para-hydroxylation sites is 1. The minimum atomic E-state index is -1.38. The number of carboxylic acid groups (broad SMARTS) is 1. The second-order valence-electron chi connectivity index (χ2n) is 6.37. The molecular formula is C21H16FN2O4S2-. The standard InChI is InChI=1S/C21H17FN2O4S2/c22-14-9-7-13(8-10-14)12-17-19(26)24(21(29)30-17)11-3-6-18(25)23-16-5-2-1-4-15(16)20(27)28/h1-2,4-5,7-10,12H,3,6,11H2,(H,23,25)(H,27,28)/p-1. The van der Waals surface area contributed by atoms with Crippen molar-refractivity contribution in [3.63, 3.8) is 0 Å². The molecule has 154 valence electrons. The van der Waals surface area contributed by atoms with Gasteiger partial charge < -0.3 is 15.2 Å². The highest BCUT2D eigenvalue weighted by Crippen LogP contribution is 2.32. The summed E-state index contributed by atoms with van der Waals surface area (Å²) in [7, 11) is 0. The summed E-state index contributed by atoms with van der Waals surface area (Å²) in [5.41, 5.74) is 0.743. The third kappa shape index (κ3) is 5.31. The number of halogens is 1. The summed E-state index contributed by atoms with van der Waals surface area (Å²) in [4.78, 5) is 37.7. The maximum absolute atomic E-state index is 13.0. The Hall–Kier alpha value is -3.04. The number of thiocarbonyl (C=S) groups is 1. The molecule has 0 saturated carbocycles. The van der Waals surface area contributed by atoms with E-state index in [4.69, 9.17) is 12.2 Å². The molecule has 3 rings (SSSR count). The van der Waals surface area contributed by atoms with E-state index >= 15 is 0 Å². The summed E-state index contributed by atoms with van der Waals surface area (Å²) in [5.74, 6) is -2.38. The summed E-state index contributed by atoms with van der Waals surface area (Å²) < 4.78 is 13.4. The molecular weight excluding hydrogens is 427 g/mol. The van der Waals surface area contributed by atoms with E-state index in [9.17, 15) is 23.9 Å². The van der Waals surface area contributed by atoms with Crippen molar-refractivity contribution in [3.8, 4) is 0 Å². The van der Waals surface area contributed by atoms with Crippen LogP contribution in [-0.2, 0) is 9.59 Å². The van der Waals surface area contributed by atoms with E-state index < -0.39 is 5.97 Å². The van der Waals surface area contributed by atoms with Crippen LogP contribution in [0.25, 0.3) is 6.08 Å². The molecule has 2 aromatic rings. The maximum atomic E-state index is 13.0. The van der Waals surface area contributed by atoms with Crippen molar-refractivity contribution < 1.29 is 23.9 Å². The summed E-state index contributed by atoms with van der Waals surface area (Å²) in [6, 6.07) is 11.7. The number of benzene rings is 2. The molecule has 0 unspecified atom stereocenters. The number of carbonyl (C=O) groups excluding carboxylic acids is 3. The van der Waals surface area contributed by atoms with Gasteiger partial charge in [-0.3, -0.25) is 14.5 Å². The van der Waals surface area contributed by atoms with Crippen LogP contribution < -0.4 is 10.4 Å². The lowest BCUT2D eigenvalue weighted by Crippen LogP contribution is -2.30. The number of carbonyl (C=O) groups is 3. The zero-order valence-electron chi connectivity index (χ0n) is 15.6. The zero-order valence-corrected chi connectivity index (χ0v) is 17.2. The van der Waals surface area contributed by atoms with E-state index in [2.05, 4.69) is 5.32 Å². The van der Waals surface area contributed by atoms with Gasteiger partial charge in [-0.1, -0.05) is 54.3 Å². The number of hydrogen-bond donors (Lipinski definition) is 1. The van der Waals surface area contributed by atoms with Gasteiger partial charge in [0.25, 0.3) is 5.91 Å². The molecule has 1 N–H and O–H groups in total. The Labute approximate surface area is 181 Å². The molecule has 0 radical (unpaired) electrons. The SMILES string of the molecule is O=C(CCCN1C(=O)C(=Cc2ccc(F)cc2)SC1=S)Nc1ccccc1C(=O)[O-]. The molecule has 1 fully saturated rings. The van der Waals surface area contributed by atoms with Crippen LogP contribution in [0.15, 0.2) is 53.4 Å². The first-order chi connectivity index (χ1) is 14.3. The maximum Gasteiger partial charge on any atom is 0.266 e. The van der Waals surface area contributed by atoms with E-state index in [0.29, 0.717) is 21.2 Å². The monoisotopic (exact) mass is 443 g/mol. The Balaban J connectivity index is 1.55. The molecule has 9 heteroatoms. The van der Waals surface area contributed by atoms with Crippen LogP contribution >= 0.6 is 24.0 Å². The van der Waals surface area contributed by atoms with Gasteiger partial charge in [0.1, 0.15) is 10.1 Å². The molecule has 0 spiro atoms. The Kier molecular flexibility index (Phi) is 6.96. The lowest BCUT2D eigenvalue weighted by atomic mass is 10.1. The van der Waals surface area contributed by atoms with Crippen molar-refractivity contribution in [2.45, 2.75) is 12.8 Å². The number of amides is 2. The molecule has 2 aromatic carbocycles. The van der Waals surface area contributed by atoms with Gasteiger partial charge in [0.05, 0.1) is 10.9 Å². The molecule has 0 aliphatic carbocycles. The van der Waals surface area contributed by atoms with E-state index in [1.807, 2.05) is 0 Å². The fraction of sp³-hybridized carbons (Fsp3) is 0.143. The van der Waals surface area contributed by atoms with E-state index in [0.717, 1.165) is 11.8 Å². The number of nitrogens with one attached hydrogen (secondary N) is 1. The van der Waals surface area contributed by atoms with Crippen LogP contribution in [0.2, 0.25) is 0 Å².